The Labute approximate surface area is 152 Å². The second-order valence-corrected chi connectivity index (χ2v) is 12.6. The van der Waals surface area contributed by atoms with E-state index in [-0.39, 0.29) is 0 Å². The molecule has 1 atom stereocenters. The molecule has 0 fully saturated rings. The Kier molecular flexibility index (Phi) is 14.4. The van der Waals surface area contributed by atoms with E-state index in [2.05, 4.69) is 41.9 Å². The van der Waals surface area contributed by atoms with Gasteiger partial charge in [0.2, 0.25) is 0 Å². The second kappa shape index (κ2) is 14.0. The van der Waals surface area contributed by atoms with E-state index in [1.807, 2.05) is 4.90 Å². The van der Waals surface area contributed by atoms with Gasteiger partial charge in [0.15, 0.2) is 0 Å². The van der Waals surface area contributed by atoms with Crippen LogP contribution in [0, 0.1) is 5.92 Å². The fraction of sp³-hybridized carbons (Fsp3) is 1.00. The van der Waals surface area contributed by atoms with E-state index in [4.69, 9.17) is 0 Å². The molecule has 0 aliphatic carbocycles. The summed E-state index contributed by atoms with van der Waals surface area (Å²) < 4.78 is 2.73. The predicted octanol–water partition coefficient (Wildman–Crippen LogP) is 0.378. The van der Waals surface area contributed by atoms with Gasteiger partial charge in [0, 0.05) is 0 Å². The van der Waals surface area contributed by atoms with Crippen LogP contribution < -0.4 is 26.4 Å². The Morgan fingerprint density at radius 2 is 1.41 bits per heavy atom. The Bertz CT molecular complexity index is 236. The molecule has 2 nitrogen and oxygen atoms in total. The maximum absolute atomic E-state index is 2.35. The van der Waals surface area contributed by atoms with Gasteiger partial charge in [0.1, 0.15) is 0 Å². The minimum atomic E-state index is 0.356. The molecule has 0 amide bonds. The van der Waals surface area contributed by atoms with Crippen LogP contribution in [0.15, 0.2) is 0 Å². The Morgan fingerprint density at radius 1 is 0.818 bits per heavy atom. The first-order valence-electron chi connectivity index (χ1n) is 9.61. The van der Waals surface area contributed by atoms with Crippen LogP contribution in [-0.2, 0) is 0 Å². The number of hydrogen-bond donors (Lipinski definition) is 1. The number of quaternary nitrogens is 2. The first-order valence-corrected chi connectivity index (χ1v) is 12.1. The summed E-state index contributed by atoms with van der Waals surface area (Å²) in [6.45, 7) is 11.3. The molecule has 136 valence electrons. The van der Waals surface area contributed by atoms with Gasteiger partial charge in [0.25, 0.3) is 0 Å². The molecule has 0 aromatic rings. The molecule has 0 bridgehead atoms. The van der Waals surface area contributed by atoms with Crippen LogP contribution in [0.25, 0.3) is 0 Å². The zero-order valence-corrected chi connectivity index (χ0v) is 18.5. The molecule has 0 heterocycles. The number of alkyl halides is 1. The molecule has 0 aromatic carbocycles. The maximum atomic E-state index is 2.35. The molecule has 0 aromatic heterocycles. The van der Waals surface area contributed by atoms with Crippen LogP contribution in [0.3, 0.4) is 0 Å². The van der Waals surface area contributed by atoms with Crippen molar-refractivity contribution in [3.8, 4) is 0 Å². The van der Waals surface area contributed by atoms with E-state index in [9.17, 15) is 0 Å². The van der Waals surface area contributed by atoms with Gasteiger partial charge in [-0.3, -0.25) is 0 Å². The van der Waals surface area contributed by atoms with Crippen LogP contribution in [0.4, 0.5) is 0 Å². The number of nitrogens with one attached hydrogen (secondary N) is 1. The average Bonchev–Trinajstić information content (AvgIpc) is 2.41. The number of hydrogen-bond acceptors (Lipinski definition) is 0. The quantitative estimate of drug-likeness (QED) is 0.167. The topological polar surface area (TPSA) is 4.44 Å². The Morgan fingerprint density at radius 3 is 2.00 bits per heavy atom. The molecule has 0 saturated carbocycles. The van der Waals surface area contributed by atoms with Crippen molar-refractivity contribution in [2.45, 2.75) is 72.1 Å². The van der Waals surface area contributed by atoms with Crippen molar-refractivity contribution in [1.82, 2.24) is 0 Å². The van der Waals surface area contributed by atoms with Gasteiger partial charge in [-0.1, -0.05) is 0 Å². The molecule has 0 aliphatic rings. The van der Waals surface area contributed by atoms with Crippen LogP contribution in [0.1, 0.15) is 72.1 Å². The van der Waals surface area contributed by atoms with Crippen LogP contribution in [-0.4, -0.2) is 47.9 Å². The van der Waals surface area contributed by atoms with E-state index in [1.54, 1.807) is 0 Å². The summed E-state index contributed by atoms with van der Waals surface area (Å²) in [6, 6.07) is 0. The minimum absolute atomic E-state index is 0.356. The van der Waals surface area contributed by atoms with Crippen molar-refractivity contribution in [3.63, 3.8) is 0 Å². The summed E-state index contributed by atoms with van der Waals surface area (Å²) in [5.74, 6) is 0.872. The molecule has 1 unspecified atom stereocenters. The normalized spacial score (nSPS) is 14.0. The fourth-order valence-corrected chi connectivity index (χ4v) is 5.03. The molecule has 22 heavy (non-hydrogen) atoms. The fourth-order valence-electron chi connectivity index (χ4n) is 2.70. The summed E-state index contributed by atoms with van der Waals surface area (Å²) in [6.07, 6.45) is 11.4. The summed E-state index contributed by atoms with van der Waals surface area (Å²) in [7, 11) is 7.04. The molecule has 1 N–H and O–H groups in total. The molecule has 0 spiro atoms. The Balaban J connectivity index is 3.65. The number of halogens is 1. The standard InChI is InChI=1S/C19H43IN2/c1-7-8-16-21(18-13-14-19(2)3)17-12-10-9-11-15-20-22(4,5)6/h19H,7-18H2,1-6H3/p+1. The van der Waals surface area contributed by atoms with Gasteiger partial charge in [-0.15, -0.1) is 0 Å². The average molecular weight is 427 g/mol. The van der Waals surface area contributed by atoms with Crippen LogP contribution >= 0.6 is 0 Å². The first kappa shape index (κ1) is 22.6. The number of rotatable bonds is 15. The van der Waals surface area contributed by atoms with Crippen molar-refractivity contribution in [2.75, 3.05) is 45.2 Å². The van der Waals surface area contributed by atoms with E-state index < -0.39 is 0 Å². The van der Waals surface area contributed by atoms with Crippen molar-refractivity contribution < 1.29 is 29.1 Å². The van der Waals surface area contributed by atoms with Crippen molar-refractivity contribution in [3.05, 3.63) is 0 Å². The number of nitrogens with zero attached hydrogens (tertiary/aromatic N) is 1. The van der Waals surface area contributed by atoms with E-state index >= 15 is 0 Å². The van der Waals surface area contributed by atoms with Gasteiger partial charge in [-0.05, 0) is 0 Å². The molecular weight excluding hydrogens is 383 g/mol. The molecule has 0 aliphatic heterocycles. The zero-order valence-electron chi connectivity index (χ0n) is 16.4. The van der Waals surface area contributed by atoms with E-state index in [0.717, 1.165) is 5.92 Å². The van der Waals surface area contributed by atoms with E-state index in [0.29, 0.717) is 21.5 Å². The summed E-state index contributed by atoms with van der Waals surface area (Å²) in [5, 5.41) is 0. The van der Waals surface area contributed by atoms with Crippen LogP contribution in [0.5, 0.6) is 0 Å². The molecule has 0 rings (SSSR count). The van der Waals surface area contributed by atoms with E-state index in [1.165, 1.54) is 78.1 Å². The van der Waals surface area contributed by atoms with Crippen molar-refractivity contribution in [1.29, 1.82) is 0 Å². The van der Waals surface area contributed by atoms with Crippen LogP contribution in [0.2, 0.25) is 0 Å². The zero-order chi connectivity index (χ0) is 16.8. The second-order valence-electron chi connectivity index (χ2n) is 7.96. The monoisotopic (exact) mass is 427 g/mol. The Hall–Kier alpha value is 0.650. The molecule has 3 heteroatoms. The van der Waals surface area contributed by atoms with Gasteiger partial charge in [-0.2, -0.15) is 0 Å². The third-order valence-corrected chi connectivity index (χ3v) is 7.34. The van der Waals surface area contributed by atoms with Gasteiger partial charge < -0.3 is 0 Å². The molecule has 0 saturated heterocycles. The van der Waals surface area contributed by atoms with Gasteiger partial charge in [0.05, 0.1) is 0 Å². The van der Waals surface area contributed by atoms with Gasteiger partial charge >= 0.3 is 152 Å². The number of unbranched alkanes of at least 4 members (excludes halogenated alkanes) is 4. The molecular formula is C19H44IN2+. The summed E-state index contributed by atoms with van der Waals surface area (Å²) in [5.41, 5.74) is 0. The third-order valence-electron chi connectivity index (χ3n) is 4.05. The molecule has 0 radical (unpaired) electrons. The van der Waals surface area contributed by atoms with Gasteiger partial charge in [-0.25, -0.2) is 0 Å². The summed E-state index contributed by atoms with van der Waals surface area (Å²) >= 11 is 0.356. The third kappa shape index (κ3) is 17.0. The predicted molar refractivity (Wildman–Crippen MR) is 95.9 cm³/mol. The SMILES string of the molecule is CCCC[NH+](CCCCCC[I-][N+](C)(C)C)CCCC(C)C. The van der Waals surface area contributed by atoms with Crippen molar-refractivity contribution in [2.24, 2.45) is 5.92 Å². The first-order chi connectivity index (χ1) is 10.3. The van der Waals surface area contributed by atoms with Crippen molar-refractivity contribution >= 4 is 0 Å². The summed E-state index contributed by atoms with van der Waals surface area (Å²) in [4.78, 5) is 1.88.